The lowest BCUT2D eigenvalue weighted by atomic mass is 10.0. The molecule has 0 fully saturated rings. The summed E-state index contributed by atoms with van der Waals surface area (Å²) in [6.45, 7) is 0.554. The number of hydrogen-bond donors (Lipinski definition) is 1. The third-order valence-electron chi connectivity index (χ3n) is 3.55. The van der Waals surface area contributed by atoms with Crippen LogP contribution in [0.15, 0.2) is 47.4 Å². The van der Waals surface area contributed by atoms with Crippen LogP contribution in [0.25, 0.3) is 0 Å². The van der Waals surface area contributed by atoms with E-state index >= 15 is 0 Å². The fraction of sp³-hybridized carbons (Fsp3) is 0.235. The lowest BCUT2D eigenvalue weighted by molar-refractivity contribution is -0.119. The SMILES string of the molecule is O=C(CSc1ccc(F)c(F)c1)NC1CCOc2ccccc21. The summed E-state index contributed by atoms with van der Waals surface area (Å²) in [7, 11) is 0. The van der Waals surface area contributed by atoms with Gasteiger partial charge in [0.25, 0.3) is 0 Å². The van der Waals surface area contributed by atoms with Crippen LogP contribution in [0.2, 0.25) is 0 Å². The van der Waals surface area contributed by atoms with E-state index in [1.54, 1.807) is 0 Å². The van der Waals surface area contributed by atoms with Crippen LogP contribution in [-0.2, 0) is 4.79 Å². The molecule has 2 aromatic rings. The Balaban J connectivity index is 1.59. The highest BCUT2D eigenvalue weighted by Gasteiger charge is 2.22. The van der Waals surface area contributed by atoms with Crippen molar-refractivity contribution in [2.24, 2.45) is 0 Å². The first-order valence-corrected chi connectivity index (χ1v) is 8.21. The van der Waals surface area contributed by atoms with Crippen molar-refractivity contribution in [2.45, 2.75) is 17.4 Å². The molecule has 2 aromatic carbocycles. The topological polar surface area (TPSA) is 38.3 Å². The van der Waals surface area contributed by atoms with Gasteiger partial charge in [-0.1, -0.05) is 18.2 Å². The van der Waals surface area contributed by atoms with Crippen LogP contribution in [-0.4, -0.2) is 18.3 Å². The van der Waals surface area contributed by atoms with Crippen LogP contribution in [0.5, 0.6) is 5.75 Å². The maximum atomic E-state index is 13.1. The smallest absolute Gasteiger partial charge is 0.230 e. The summed E-state index contributed by atoms with van der Waals surface area (Å²) < 4.78 is 31.6. The van der Waals surface area contributed by atoms with Gasteiger partial charge in [-0.15, -0.1) is 11.8 Å². The van der Waals surface area contributed by atoms with Gasteiger partial charge >= 0.3 is 0 Å². The Hall–Kier alpha value is -2.08. The van der Waals surface area contributed by atoms with Gasteiger partial charge in [0, 0.05) is 16.9 Å². The number of nitrogens with one attached hydrogen (secondary N) is 1. The second-order valence-corrected chi connectivity index (χ2v) is 6.21. The number of halogens is 2. The van der Waals surface area contributed by atoms with Crippen LogP contribution >= 0.6 is 11.8 Å². The number of hydrogen-bond acceptors (Lipinski definition) is 3. The van der Waals surface area contributed by atoms with Gasteiger partial charge < -0.3 is 10.1 Å². The van der Waals surface area contributed by atoms with Crippen LogP contribution in [0, 0.1) is 11.6 Å². The Morgan fingerprint density at radius 1 is 1.22 bits per heavy atom. The quantitative estimate of drug-likeness (QED) is 0.866. The molecule has 0 saturated heterocycles. The Kier molecular flexibility index (Phi) is 4.81. The number of amides is 1. The molecule has 23 heavy (non-hydrogen) atoms. The van der Waals surface area contributed by atoms with Gasteiger partial charge in [-0.25, -0.2) is 8.78 Å². The van der Waals surface area contributed by atoms with Crippen LogP contribution in [0.1, 0.15) is 18.0 Å². The fourth-order valence-electron chi connectivity index (χ4n) is 2.44. The lowest BCUT2D eigenvalue weighted by Crippen LogP contribution is -2.33. The zero-order valence-corrected chi connectivity index (χ0v) is 13.0. The summed E-state index contributed by atoms with van der Waals surface area (Å²) in [5.74, 6) is -1.02. The first-order chi connectivity index (χ1) is 11.1. The van der Waals surface area contributed by atoms with Crippen molar-refractivity contribution < 1.29 is 18.3 Å². The highest BCUT2D eigenvalue weighted by atomic mass is 32.2. The van der Waals surface area contributed by atoms with Gasteiger partial charge in [0.05, 0.1) is 18.4 Å². The van der Waals surface area contributed by atoms with Gasteiger partial charge in [-0.05, 0) is 24.3 Å². The third-order valence-corrected chi connectivity index (χ3v) is 4.55. The summed E-state index contributed by atoms with van der Waals surface area (Å²) in [6.07, 6.45) is 0.707. The van der Waals surface area contributed by atoms with Crippen molar-refractivity contribution in [3.05, 3.63) is 59.7 Å². The number of carbonyl (C=O) groups is 1. The summed E-state index contributed by atoms with van der Waals surface area (Å²) in [6, 6.07) is 11.1. The van der Waals surface area contributed by atoms with Gasteiger partial charge in [0.1, 0.15) is 5.75 Å². The molecule has 1 heterocycles. The van der Waals surface area contributed by atoms with E-state index in [9.17, 15) is 13.6 Å². The molecule has 0 aliphatic carbocycles. The number of fused-ring (bicyclic) bond motifs is 1. The van der Waals surface area contributed by atoms with Crippen molar-refractivity contribution in [1.29, 1.82) is 0 Å². The van der Waals surface area contributed by atoms with E-state index in [0.29, 0.717) is 17.9 Å². The highest BCUT2D eigenvalue weighted by Crippen LogP contribution is 2.31. The first kappa shape index (κ1) is 15.8. The number of thioether (sulfide) groups is 1. The Morgan fingerprint density at radius 2 is 2.04 bits per heavy atom. The molecule has 1 unspecified atom stereocenters. The summed E-state index contributed by atoms with van der Waals surface area (Å²) >= 11 is 1.17. The zero-order valence-electron chi connectivity index (χ0n) is 12.2. The van der Waals surface area contributed by atoms with Gasteiger partial charge in [0.2, 0.25) is 5.91 Å². The fourth-order valence-corrected chi connectivity index (χ4v) is 3.18. The predicted octanol–water partition coefficient (Wildman–Crippen LogP) is 3.70. The minimum Gasteiger partial charge on any atom is -0.493 e. The van der Waals surface area contributed by atoms with Gasteiger partial charge in [-0.2, -0.15) is 0 Å². The molecule has 6 heteroatoms. The number of rotatable bonds is 4. The summed E-state index contributed by atoms with van der Waals surface area (Å²) in [5.41, 5.74) is 0.963. The monoisotopic (exact) mass is 335 g/mol. The number of benzene rings is 2. The van der Waals surface area contributed by atoms with Crippen LogP contribution in [0.4, 0.5) is 8.78 Å². The minimum absolute atomic E-state index is 0.0852. The van der Waals surface area contributed by atoms with E-state index in [4.69, 9.17) is 4.74 Å². The molecule has 3 rings (SSSR count). The predicted molar refractivity (Wildman–Crippen MR) is 84.5 cm³/mol. The number of carbonyl (C=O) groups excluding carboxylic acids is 1. The molecule has 0 saturated carbocycles. The Labute approximate surface area is 137 Å². The van der Waals surface area contributed by atoms with Crippen LogP contribution in [0.3, 0.4) is 0 Å². The molecule has 0 spiro atoms. The molecule has 0 aromatic heterocycles. The maximum absolute atomic E-state index is 13.1. The first-order valence-electron chi connectivity index (χ1n) is 7.22. The van der Waals surface area contributed by atoms with E-state index in [1.165, 1.54) is 17.8 Å². The van der Waals surface area contributed by atoms with E-state index in [2.05, 4.69) is 5.32 Å². The van der Waals surface area contributed by atoms with E-state index in [-0.39, 0.29) is 17.7 Å². The largest absolute Gasteiger partial charge is 0.493 e. The van der Waals surface area contributed by atoms with Gasteiger partial charge in [-0.3, -0.25) is 4.79 Å². The summed E-state index contributed by atoms with van der Waals surface area (Å²) in [4.78, 5) is 12.6. The van der Waals surface area contributed by atoms with E-state index in [1.807, 2.05) is 24.3 Å². The van der Waals surface area contributed by atoms with Crippen molar-refractivity contribution in [2.75, 3.05) is 12.4 Å². The van der Waals surface area contributed by atoms with Crippen molar-refractivity contribution in [1.82, 2.24) is 5.32 Å². The zero-order chi connectivity index (χ0) is 16.2. The van der Waals surface area contributed by atoms with Crippen LogP contribution < -0.4 is 10.1 Å². The van der Waals surface area contributed by atoms with E-state index in [0.717, 1.165) is 23.4 Å². The normalized spacial score (nSPS) is 16.3. The molecular formula is C17H15F2NO2S. The third kappa shape index (κ3) is 3.82. The standard InChI is InChI=1S/C17H15F2NO2S/c18-13-6-5-11(9-14(13)19)23-10-17(21)20-15-7-8-22-16-4-2-1-3-12(15)16/h1-6,9,15H,7-8,10H2,(H,20,21). The molecule has 1 aliphatic heterocycles. The summed E-state index contributed by atoms with van der Waals surface area (Å²) in [5, 5.41) is 2.96. The second kappa shape index (κ2) is 7.00. The highest BCUT2D eigenvalue weighted by molar-refractivity contribution is 8.00. The van der Waals surface area contributed by atoms with Crippen molar-refractivity contribution in [3.63, 3.8) is 0 Å². The average Bonchev–Trinajstić information content (AvgIpc) is 2.56. The second-order valence-electron chi connectivity index (χ2n) is 5.16. The Bertz CT molecular complexity index is 723. The van der Waals surface area contributed by atoms with Crippen molar-refractivity contribution >= 4 is 17.7 Å². The maximum Gasteiger partial charge on any atom is 0.230 e. The molecule has 1 aliphatic rings. The molecule has 120 valence electrons. The molecule has 1 amide bonds. The van der Waals surface area contributed by atoms with E-state index < -0.39 is 11.6 Å². The number of ether oxygens (including phenoxy) is 1. The molecule has 0 radical (unpaired) electrons. The molecule has 1 N–H and O–H groups in total. The Morgan fingerprint density at radius 3 is 2.87 bits per heavy atom. The lowest BCUT2D eigenvalue weighted by Gasteiger charge is -2.26. The van der Waals surface area contributed by atoms with Gasteiger partial charge in [0.15, 0.2) is 11.6 Å². The minimum atomic E-state index is -0.909. The molecule has 3 nitrogen and oxygen atoms in total. The number of para-hydroxylation sites is 1. The molecule has 0 bridgehead atoms. The molecule has 1 atom stereocenters. The van der Waals surface area contributed by atoms with Crippen molar-refractivity contribution in [3.8, 4) is 5.75 Å². The average molecular weight is 335 g/mol. The molecular weight excluding hydrogens is 320 g/mol.